The summed E-state index contributed by atoms with van der Waals surface area (Å²) in [6.45, 7) is 4.85. The van der Waals surface area contributed by atoms with Crippen LogP contribution in [0.4, 0.5) is 0 Å². The molecular weight excluding hydrogens is 839 g/mol. The molecule has 398 valence electrons. The highest BCUT2D eigenvalue weighted by Crippen LogP contribution is 2.16. The van der Waals surface area contributed by atoms with Crippen LogP contribution in [-0.2, 0) is 14.3 Å². The van der Waals surface area contributed by atoms with Crippen molar-refractivity contribution in [2.45, 2.75) is 321 Å². The van der Waals surface area contributed by atoms with E-state index in [4.69, 9.17) is 4.74 Å². The number of ether oxygens (including phenoxy) is 1. The van der Waals surface area contributed by atoms with Crippen molar-refractivity contribution < 1.29 is 24.5 Å². The summed E-state index contributed by atoms with van der Waals surface area (Å²) in [5.74, 6) is -0.100. The summed E-state index contributed by atoms with van der Waals surface area (Å²) < 4.78 is 5.44. The van der Waals surface area contributed by atoms with Crippen LogP contribution >= 0.6 is 0 Å². The van der Waals surface area contributed by atoms with Gasteiger partial charge in [0.25, 0.3) is 0 Å². The van der Waals surface area contributed by atoms with Gasteiger partial charge in [-0.25, -0.2) is 0 Å². The number of aliphatic hydroxyl groups is 2. The fourth-order valence-electron chi connectivity index (χ4n) is 8.97. The molecule has 6 nitrogen and oxygen atoms in total. The van der Waals surface area contributed by atoms with E-state index in [-0.39, 0.29) is 18.5 Å². The molecule has 0 saturated carbocycles. The van der Waals surface area contributed by atoms with Crippen LogP contribution in [0.1, 0.15) is 309 Å². The van der Waals surface area contributed by atoms with Gasteiger partial charge in [-0.1, -0.05) is 255 Å². The molecule has 3 N–H and O–H groups in total. The van der Waals surface area contributed by atoms with Crippen LogP contribution in [-0.4, -0.2) is 47.4 Å². The van der Waals surface area contributed by atoms with Crippen molar-refractivity contribution in [3.63, 3.8) is 0 Å². The van der Waals surface area contributed by atoms with Crippen molar-refractivity contribution in [2.24, 2.45) is 0 Å². The molecule has 6 heteroatoms. The number of amides is 1. The number of carbonyl (C=O) groups excluding carboxylic acids is 2. The van der Waals surface area contributed by atoms with Gasteiger partial charge < -0.3 is 20.3 Å². The third-order valence-corrected chi connectivity index (χ3v) is 13.6. The smallest absolute Gasteiger partial charge is 0.305 e. The molecule has 0 fully saturated rings. The number of hydrogen-bond acceptors (Lipinski definition) is 5. The molecule has 0 heterocycles. The van der Waals surface area contributed by atoms with Gasteiger partial charge in [-0.05, 0) is 89.9 Å². The molecule has 2 unspecified atom stereocenters. The zero-order valence-electron chi connectivity index (χ0n) is 45.3. The van der Waals surface area contributed by atoms with E-state index in [1.165, 1.54) is 205 Å². The predicted molar refractivity (Wildman–Crippen MR) is 296 cm³/mol. The zero-order chi connectivity index (χ0) is 49.3. The van der Waals surface area contributed by atoms with Crippen molar-refractivity contribution in [1.82, 2.24) is 5.32 Å². The van der Waals surface area contributed by atoms with E-state index in [1.54, 1.807) is 6.08 Å². The Kier molecular flexibility index (Phi) is 55.6. The Morgan fingerprint density at radius 3 is 1.15 bits per heavy atom. The van der Waals surface area contributed by atoms with Crippen molar-refractivity contribution >= 4 is 11.9 Å². The Morgan fingerprint density at radius 2 is 0.735 bits per heavy atom. The lowest BCUT2D eigenvalue weighted by molar-refractivity contribution is -0.143. The number of esters is 1. The monoisotopic (exact) mass is 954 g/mol. The van der Waals surface area contributed by atoms with Gasteiger partial charge in [0.15, 0.2) is 0 Å². The minimum Gasteiger partial charge on any atom is -0.466 e. The SMILES string of the molecule is CCCCCC/C=C\CCCCCCCC(=O)OCCCCC/C=C\C=C/CCCCCCCCCCCCC(=O)NC(CO)C(O)/C=C/CCCCCCCCCCCCCCCCCCC. The largest absolute Gasteiger partial charge is 0.466 e. The van der Waals surface area contributed by atoms with Gasteiger partial charge in [0, 0.05) is 12.8 Å². The number of aliphatic hydroxyl groups excluding tert-OH is 2. The quantitative estimate of drug-likeness (QED) is 0.0244. The molecular formula is C62H115NO5. The Labute approximate surface area is 423 Å². The van der Waals surface area contributed by atoms with Crippen molar-refractivity contribution in [1.29, 1.82) is 0 Å². The lowest BCUT2D eigenvalue weighted by atomic mass is 10.0. The molecule has 2 atom stereocenters. The van der Waals surface area contributed by atoms with E-state index in [1.807, 2.05) is 6.08 Å². The van der Waals surface area contributed by atoms with Gasteiger partial charge in [0.05, 0.1) is 25.4 Å². The Bertz CT molecular complexity index is 1150. The van der Waals surface area contributed by atoms with Crippen LogP contribution in [0.25, 0.3) is 0 Å². The Morgan fingerprint density at radius 1 is 0.412 bits per heavy atom. The molecule has 0 radical (unpaired) electrons. The number of unbranched alkanes of at least 4 members (excludes halogenated alkanes) is 39. The number of carbonyl (C=O) groups is 2. The first-order valence-electron chi connectivity index (χ1n) is 29.9. The lowest BCUT2D eigenvalue weighted by Crippen LogP contribution is -2.45. The van der Waals surface area contributed by atoms with Gasteiger partial charge in [0.1, 0.15) is 0 Å². The molecule has 0 aliphatic rings. The normalized spacial score (nSPS) is 12.9. The summed E-state index contributed by atoms with van der Waals surface area (Å²) in [6, 6.07) is -0.637. The first-order valence-corrected chi connectivity index (χ1v) is 29.9. The number of nitrogens with one attached hydrogen (secondary N) is 1. The van der Waals surface area contributed by atoms with E-state index in [0.717, 1.165) is 77.0 Å². The average Bonchev–Trinajstić information content (AvgIpc) is 3.34. The molecule has 1 amide bonds. The molecule has 68 heavy (non-hydrogen) atoms. The molecule has 0 aromatic carbocycles. The number of hydrogen-bond donors (Lipinski definition) is 3. The standard InChI is InChI=1S/C62H115NO5/c1-3-5-7-9-11-13-15-17-18-19-21-24-27-31-34-38-42-46-50-54-60(65)59(58-64)63-61(66)55-51-47-43-39-35-32-28-25-22-20-23-26-29-33-37-41-45-49-53-57-68-62(67)56-52-48-44-40-36-30-16-14-12-10-8-6-4-2/h14,16,26,29,33,37,50,54,59-60,64-65H,3-13,15,17-25,27-28,30-32,34-36,38-49,51-53,55-58H2,1-2H3,(H,63,66)/b16-14-,29-26-,37-33-,54-50+. The molecule has 0 rings (SSSR count). The Hall–Kier alpha value is -2.18. The average molecular weight is 955 g/mol. The second kappa shape index (κ2) is 57.4. The maximum Gasteiger partial charge on any atom is 0.305 e. The minimum absolute atomic E-state index is 0.0237. The molecule has 0 spiro atoms. The van der Waals surface area contributed by atoms with Crippen LogP contribution < -0.4 is 5.32 Å². The molecule has 0 saturated heterocycles. The van der Waals surface area contributed by atoms with Gasteiger partial charge >= 0.3 is 5.97 Å². The predicted octanol–water partition coefficient (Wildman–Crippen LogP) is 18.6. The van der Waals surface area contributed by atoms with E-state index < -0.39 is 12.1 Å². The van der Waals surface area contributed by atoms with E-state index in [0.29, 0.717) is 19.4 Å². The Balaban J connectivity index is 3.52. The minimum atomic E-state index is -0.853. The van der Waals surface area contributed by atoms with Gasteiger partial charge in [-0.3, -0.25) is 9.59 Å². The van der Waals surface area contributed by atoms with Crippen LogP contribution in [0.3, 0.4) is 0 Å². The topological polar surface area (TPSA) is 95.9 Å². The van der Waals surface area contributed by atoms with Crippen molar-refractivity contribution in [3.05, 3.63) is 48.6 Å². The summed E-state index contributed by atoms with van der Waals surface area (Å²) >= 11 is 0. The van der Waals surface area contributed by atoms with Gasteiger partial charge in [-0.15, -0.1) is 0 Å². The number of rotatable bonds is 55. The van der Waals surface area contributed by atoms with Crippen molar-refractivity contribution in [2.75, 3.05) is 13.2 Å². The van der Waals surface area contributed by atoms with E-state index in [9.17, 15) is 19.8 Å². The maximum atomic E-state index is 12.5. The second-order valence-corrected chi connectivity index (χ2v) is 20.3. The maximum absolute atomic E-state index is 12.5. The lowest BCUT2D eigenvalue weighted by Gasteiger charge is -2.20. The number of allylic oxidation sites excluding steroid dienone is 7. The summed E-state index contributed by atoms with van der Waals surface area (Å²) in [5, 5.41) is 23.2. The summed E-state index contributed by atoms with van der Waals surface area (Å²) in [4.78, 5) is 24.5. The van der Waals surface area contributed by atoms with E-state index in [2.05, 4.69) is 55.6 Å². The molecule has 0 aliphatic heterocycles. The first kappa shape index (κ1) is 65.8. The summed E-state index contributed by atoms with van der Waals surface area (Å²) in [7, 11) is 0. The second-order valence-electron chi connectivity index (χ2n) is 20.3. The van der Waals surface area contributed by atoms with Crippen LogP contribution in [0.15, 0.2) is 48.6 Å². The fourth-order valence-corrected chi connectivity index (χ4v) is 8.97. The molecule has 0 aliphatic carbocycles. The molecule has 0 aromatic heterocycles. The van der Waals surface area contributed by atoms with E-state index >= 15 is 0 Å². The third-order valence-electron chi connectivity index (χ3n) is 13.6. The van der Waals surface area contributed by atoms with Crippen LogP contribution in [0, 0.1) is 0 Å². The van der Waals surface area contributed by atoms with Gasteiger partial charge in [0.2, 0.25) is 5.91 Å². The summed E-state index contributed by atoms with van der Waals surface area (Å²) in [5.41, 5.74) is 0. The zero-order valence-corrected chi connectivity index (χ0v) is 45.3. The highest BCUT2D eigenvalue weighted by molar-refractivity contribution is 5.76. The van der Waals surface area contributed by atoms with Crippen LogP contribution in [0.2, 0.25) is 0 Å². The highest BCUT2D eigenvalue weighted by atomic mass is 16.5. The fraction of sp³-hybridized carbons (Fsp3) is 0.839. The first-order chi connectivity index (χ1) is 33.5. The molecule has 0 aromatic rings. The van der Waals surface area contributed by atoms with Crippen molar-refractivity contribution in [3.8, 4) is 0 Å². The molecule has 0 bridgehead atoms. The van der Waals surface area contributed by atoms with Crippen LogP contribution in [0.5, 0.6) is 0 Å². The third kappa shape index (κ3) is 53.2. The summed E-state index contributed by atoms with van der Waals surface area (Å²) in [6.07, 6.45) is 72.8. The highest BCUT2D eigenvalue weighted by Gasteiger charge is 2.18. The van der Waals surface area contributed by atoms with Gasteiger partial charge in [-0.2, -0.15) is 0 Å².